The molecule has 1 aromatic carbocycles. The van der Waals surface area contributed by atoms with Crippen LogP contribution in [0.2, 0.25) is 0 Å². The Bertz CT molecular complexity index is 683. The van der Waals surface area contributed by atoms with Crippen LogP contribution in [0, 0.1) is 5.41 Å². The first-order valence-electron chi connectivity index (χ1n) is 8.47. The summed E-state index contributed by atoms with van der Waals surface area (Å²) in [6.07, 6.45) is -3.93. The van der Waals surface area contributed by atoms with Crippen molar-refractivity contribution in [2.45, 2.75) is 39.2 Å². The third-order valence-electron chi connectivity index (χ3n) is 4.28. The largest absolute Gasteiger partial charge is 0.495 e. The fraction of sp³-hybridized carbons (Fsp3) is 0.556. The van der Waals surface area contributed by atoms with E-state index in [-0.39, 0.29) is 24.7 Å². The van der Waals surface area contributed by atoms with E-state index < -0.39 is 24.5 Å². The zero-order valence-electron chi connectivity index (χ0n) is 16.2. The van der Waals surface area contributed by atoms with Gasteiger partial charge in [-0.25, -0.2) is 0 Å². The lowest BCUT2D eigenvalue weighted by molar-refractivity contribution is -0.180. The summed E-state index contributed by atoms with van der Waals surface area (Å²) in [5, 5.41) is -0.683. The molecule has 0 aromatic heterocycles. The topological polar surface area (TPSA) is 56.8 Å². The van der Waals surface area contributed by atoms with Gasteiger partial charge in [0.1, 0.15) is 5.75 Å². The van der Waals surface area contributed by atoms with E-state index in [9.17, 15) is 17.7 Å². The van der Waals surface area contributed by atoms with Gasteiger partial charge in [-0.05, 0) is 26.0 Å². The van der Waals surface area contributed by atoms with Crippen molar-refractivity contribution in [1.82, 2.24) is 0 Å². The number of hydrogen-bond acceptors (Lipinski definition) is 5. The number of rotatable bonds is 10. The van der Waals surface area contributed by atoms with Gasteiger partial charge in [0, 0.05) is 5.41 Å². The number of para-hydroxylation sites is 2. The zero-order chi connectivity index (χ0) is 20.9. The van der Waals surface area contributed by atoms with E-state index in [4.69, 9.17) is 13.8 Å². The Morgan fingerprint density at radius 1 is 1.15 bits per heavy atom. The molecule has 0 fully saturated rings. The van der Waals surface area contributed by atoms with Crippen LogP contribution in [0.25, 0.3) is 0 Å². The number of ether oxygens (including phenoxy) is 1. The summed E-state index contributed by atoms with van der Waals surface area (Å²) in [6, 6.07) is 6.05. The third kappa shape index (κ3) is 4.18. The molecule has 5 nitrogen and oxygen atoms in total. The summed E-state index contributed by atoms with van der Waals surface area (Å²) in [5.74, 6) is 0.158. The summed E-state index contributed by atoms with van der Waals surface area (Å²) in [7, 11) is -3.45. The van der Waals surface area contributed by atoms with Crippen LogP contribution in [0.15, 0.2) is 36.9 Å². The Balaban J connectivity index is 3.88. The molecule has 154 valence electrons. The average Bonchev–Trinajstić information content (AvgIpc) is 2.58. The smallest absolute Gasteiger partial charge is 0.424 e. The quantitative estimate of drug-likeness (QED) is 0.388. The van der Waals surface area contributed by atoms with E-state index in [0.29, 0.717) is 0 Å². The molecule has 0 heterocycles. The Labute approximate surface area is 158 Å². The van der Waals surface area contributed by atoms with Crippen molar-refractivity contribution in [2.24, 2.45) is 5.41 Å². The Hall–Kier alpha value is -1.50. The second kappa shape index (κ2) is 8.67. The van der Waals surface area contributed by atoms with Crippen LogP contribution in [0.1, 0.15) is 27.7 Å². The van der Waals surface area contributed by atoms with Crippen molar-refractivity contribution in [3.63, 3.8) is 0 Å². The fourth-order valence-electron chi connectivity index (χ4n) is 2.84. The fourth-order valence-corrected chi connectivity index (χ4v) is 5.34. The van der Waals surface area contributed by atoms with Gasteiger partial charge >= 0.3 is 13.8 Å². The summed E-state index contributed by atoms with van der Waals surface area (Å²) >= 11 is 0. The molecule has 0 radical (unpaired) electrons. The summed E-state index contributed by atoms with van der Waals surface area (Å²) in [4.78, 5) is 0. The number of halogens is 3. The number of methoxy groups -OCH3 is 1. The van der Waals surface area contributed by atoms with Gasteiger partial charge in [0.25, 0.3) is 0 Å². The summed E-state index contributed by atoms with van der Waals surface area (Å²) in [6.45, 7) is 8.54. The van der Waals surface area contributed by atoms with Crippen molar-refractivity contribution in [3.05, 3.63) is 36.9 Å². The highest BCUT2D eigenvalue weighted by Crippen LogP contribution is 2.71. The second-order valence-electron chi connectivity index (χ2n) is 6.29. The lowest BCUT2D eigenvalue weighted by Gasteiger charge is -2.49. The standard InChI is InChI=1S/C18H27F3NO4P/c1-7-16(4,5)17(18(19,20)21,27(23,25-8-2)26-9-3)22-14-12-10-11-13-15(14)24-6/h7,10-13,22H,1,8-9H2,2-6H3. The predicted octanol–water partition coefficient (Wildman–Crippen LogP) is 5.84. The third-order valence-corrected chi connectivity index (χ3v) is 7.24. The second-order valence-corrected chi connectivity index (χ2v) is 8.47. The highest BCUT2D eigenvalue weighted by atomic mass is 31.2. The first-order chi connectivity index (χ1) is 12.5. The number of anilines is 1. The molecule has 1 aromatic rings. The minimum atomic E-state index is -5.02. The molecule has 0 saturated carbocycles. The molecule has 0 spiro atoms. The molecule has 1 N–H and O–H groups in total. The van der Waals surface area contributed by atoms with Crippen molar-refractivity contribution in [3.8, 4) is 5.75 Å². The summed E-state index contributed by atoms with van der Waals surface area (Å²) in [5.41, 5.74) is -1.77. The minimum Gasteiger partial charge on any atom is -0.495 e. The average molecular weight is 409 g/mol. The van der Waals surface area contributed by atoms with Crippen LogP contribution in [0.4, 0.5) is 18.9 Å². The molecule has 9 heteroatoms. The molecule has 1 rings (SSSR count). The molecular weight excluding hydrogens is 382 g/mol. The first-order valence-corrected chi connectivity index (χ1v) is 10.0. The van der Waals surface area contributed by atoms with Crippen molar-refractivity contribution >= 4 is 13.3 Å². The number of nitrogens with one attached hydrogen (secondary N) is 1. The van der Waals surface area contributed by atoms with Gasteiger partial charge in [0.2, 0.25) is 5.28 Å². The van der Waals surface area contributed by atoms with Crippen LogP contribution in [0.5, 0.6) is 5.75 Å². The van der Waals surface area contributed by atoms with Gasteiger partial charge in [-0.3, -0.25) is 4.57 Å². The molecular formula is C18H27F3NO4P. The molecule has 0 saturated heterocycles. The highest BCUT2D eigenvalue weighted by Gasteiger charge is 2.74. The van der Waals surface area contributed by atoms with Crippen LogP contribution >= 0.6 is 7.60 Å². The highest BCUT2D eigenvalue weighted by molar-refractivity contribution is 7.56. The SMILES string of the molecule is C=CC(C)(C)C(Nc1ccccc1OC)(C(F)(F)F)P(=O)(OCC)OCC. The van der Waals surface area contributed by atoms with E-state index in [1.54, 1.807) is 12.1 Å². The Morgan fingerprint density at radius 3 is 2.07 bits per heavy atom. The van der Waals surface area contributed by atoms with Gasteiger partial charge in [-0.2, -0.15) is 13.2 Å². The first kappa shape index (κ1) is 23.5. The maximum absolute atomic E-state index is 14.6. The number of alkyl halides is 3. The molecule has 0 aliphatic carbocycles. The normalized spacial score (nSPS) is 15.1. The van der Waals surface area contributed by atoms with E-state index >= 15 is 0 Å². The lowest BCUT2D eigenvalue weighted by Crippen LogP contribution is -2.61. The Morgan fingerprint density at radius 2 is 1.67 bits per heavy atom. The van der Waals surface area contributed by atoms with Crippen molar-refractivity contribution in [1.29, 1.82) is 0 Å². The number of hydrogen-bond donors (Lipinski definition) is 1. The van der Waals surface area contributed by atoms with E-state index in [1.165, 1.54) is 46.9 Å². The lowest BCUT2D eigenvalue weighted by atomic mass is 9.83. The molecule has 0 aliphatic heterocycles. The van der Waals surface area contributed by atoms with E-state index in [2.05, 4.69) is 11.9 Å². The van der Waals surface area contributed by atoms with Gasteiger partial charge in [-0.1, -0.05) is 32.1 Å². The summed E-state index contributed by atoms with van der Waals surface area (Å²) < 4.78 is 73.0. The zero-order valence-corrected chi connectivity index (χ0v) is 17.1. The van der Waals surface area contributed by atoms with E-state index in [0.717, 1.165) is 6.08 Å². The van der Waals surface area contributed by atoms with E-state index in [1.807, 2.05) is 0 Å². The van der Waals surface area contributed by atoms with Crippen molar-refractivity contribution in [2.75, 3.05) is 25.6 Å². The molecule has 0 amide bonds. The molecule has 27 heavy (non-hydrogen) atoms. The van der Waals surface area contributed by atoms with Gasteiger partial charge in [0.15, 0.2) is 0 Å². The van der Waals surface area contributed by atoms with Crippen LogP contribution < -0.4 is 10.1 Å². The molecule has 1 atom stereocenters. The maximum atomic E-state index is 14.6. The monoisotopic (exact) mass is 409 g/mol. The van der Waals surface area contributed by atoms with Gasteiger partial charge in [0.05, 0.1) is 26.0 Å². The molecule has 0 aliphatic rings. The maximum Gasteiger partial charge on any atom is 0.424 e. The Kier molecular flexibility index (Phi) is 7.56. The molecule has 1 unspecified atom stereocenters. The van der Waals surface area contributed by atoms with Gasteiger partial charge < -0.3 is 19.1 Å². The predicted molar refractivity (Wildman–Crippen MR) is 100 cm³/mol. The van der Waals surface area contributed by atoms with Crippen molar-refractivity contribution < 1.29 is 31.5 Å². The minimum absolute atomic E-state index is 0.00637. The van der Waals surface area contributed by atoms with Crippen LogP contribution in [0.3, 0.4) is 0 Å². The number of benzene rings is 1. The van der Waals surface area contributed by atoms with Crippen LogP contribution in [-0.2, 0) is 13.6 Å². The van der Waals surface area contributed by atoms with Crippen LogP contribution in [-0.4, -0.2) is 31.8 Å². The molecule has 0 bridgehead atoms. The van der Waals surface area contributed by atoms with Gasteiger partial charge in [-0.15, -0.1) is 6.58 Å².